The van der Waals surface area contributed by atoms with Crippen LogP contribution in [0.3, 0.4) is 0 Å². The number of hydrogen-bond acceptors (Lipinski definition) is 2. The minimum Gasteiger partial charge on any atom is 0 e. The van der Waals surface area contributed by atoms with Crippen LogP contribution in [0.15, 0.2) is 0 Å². The van der Waals surface area contributed by atoms with Crippen LogP contribution in [-0.4, -0.2) is 77.4 Å². The van der Waals surface area contributed by atoms with E-state index in [0.717, 1.165) is 0 Å². The van der Waals surface area contributed by atoms with Crippen LogP contribution in [0.1, 0.15) is 0 Å². The van der Waals surface area contributed by atoms with Gasteiger partial charge in [0, 0.05) is 51.4 Å². The van der Waals surface area contributed by atoms with E-state index in [-0.39, 0.29) is 71.7 Å². The molecule has 3 nitrogen and oxygen atoms in total. The Balaban J connectivity index is 0. The molecular formula is C3H3KNO2Se. The van der Waals surface area contributed by atoms with Gasteiger partial charge in [-0.25, -0.2) is 0 Å². The second kappa shape index (κ2) is 8.12. The van der Waals surface area contributed by atoms with Gasteiger partial charge in [0.05, 0.1) is 0 Å². The number of carbonyl (C=O) groups is 1. The molecule has 0 unspecified atom stereocenters. The summed E-state index contributed by atoms with van der Waals surface area (Å²) in [6.07, 6.45) is 0. The van der Waals surface area contributed by atoms with E-state index in [1.165, 1.54) is 0 Å². The molecule has 0 saturated carbocycles. The first-order valence-electron chi connectivity index (χ1n) is 1.50. The third kappa shape index (κ3) is 10.2. The Kier molecular flexibility index (Phi) is 12.0. The molecular weight excluding hydrogens is 200 g/mol. The van der Waals surface area contributed by atoms with Crippen LogP contribution >= 0.6 is 0 Å². The largest absolute Gasteiger partial charge is 0 e. The van der Waals surface area contributed by atoms with Crippen molar-refractivity contribution >= 4 is 72.3 Å². The van der Waals surface area contributed by atoms with Crippen molar-refractivity contribution < 1.29 is 9.90 Å². The van der Waals surface area contributed by atoms with Gasteiger partial charge in [0.2, 0.25) is 0 Å². The monoisotopic (exact) mass is 204 g/mol. The third-order valence-corrected chi connectivity index (χ3v) is 1.35. The van der Waals surface area contributed by atoms with E-state index in [1.807, 2.05) is 0 Å². The van der Waals surface area contributed by atoms with E-state index in [9.17, 15) is 4.79 Å². The molecule has 1 radical (unpaired) electrons. The van der Waals surface area contributed by atoms with Crippen LogP contribution in [0, 0.1) is 10.2 Å². The van der Waals surface area contributed by atoms with E-state index < -0.39 is 5.97 Å². The van der Waals surface area contributed by atoms with E-state index >= 15 is 0 Å². The summed E-state index contributed by atoms with van der Waals surface area (Å²) in [4.78, 5) is 11.4. The summed E-state index contributed by atoms with van der Waals surface area (Å²) >= 11 is -0.355. The first-order valence-corrected chi connectivity index (χ1v) is 3.57. The van der Waals surface area contributed by atoms with Crippen molar-refractivity contribution in [3.63, 3.8) is 0 Å². The zero-order chi connectivity index (χ0) is 5.70. The molecule has 0 aromatic carbocycles. The van der Waals surface area contributed by atoms with E-state index in [4.69, 9.17) is 10.4 Å². The summed E-state index contributed by atoms with van der Waals surface area (Å²) in [7, 11) is 0. The number of carboxylic acid groups (broad SMARTS) is 1. The molecule has 0 bridgehead atoms. The van der Waals surface area contributed by atoms with Crippen LogP contribution in [-0.2, 0) is 4.79 Å². The molecule has 0 spiro atoms. The Morgan fingerprint density at radius 1 is 1.88 bits per heavy atom. The quantitative estimate of drug-likeness (QED) is 0.603. The fraction of sp³-hybridized carbons (Fsp3) is 0.333. The summed E-state index contributed by atoms with van der Waals surface area (Å²) in [6.45, 7) is 0. The smallest absolute Gasteiger partial charge is 0 e. The fourth-order valence-corrected chi connectivity index (χ4v) is 0.489. The van der Waals surface area contributed by atoms with E-state index in [2.05, 4.69) is 0 Å². The molecule has 8 heavy (non-hydrogen) atoms. The van der Waals surface area contributed by atoms with Crippen molar-refractivity contribution in [1.82, 2.24) is 0 Å². The van der Waals surface area contributed by atoms with Crippen LogP contribution in [0.4, 0.5) is 0 Å². The average Bonchev–Trinajstić information content (AvgIpc) is 1.61. The van der Waals surface area contributed by atoms with Crippen LogP contribution in [0.5, 0.6) is 0 Å². The molecule has 39 valence electrons. The van der Waals surface area contributed by atoms with E-state index in [1.54, 1.807) is 4.97 Å². The molecule has 5 heteroatoms. The molecule has 0 amide bonds. The Morgan fingerprint density at radius 2 is 2.38 bits per heavy atom. The summed E-state index contributed by atoms with van der Waals surface area (Å²) in [5.41, 5.74) is 0. The van der Waals surface area contributed by atoms with E-state index in [0.29, 0.717) is 0 Å². The minimum atomic E-state index is -0.887. The topological polar surface area (TPSA) is 61.1 Å². The van der Waals surface area contributed by atoms with Gasteiger partial charge >= 0.3 is 46.4 Å². The predicted octanol–water partition coefficient (Wildman–Crippen LogP) is -0.706. The first kappa shape index (κ1) is 11.9. The SMILES string of the molecule is N#C[Se]CC(=O)O.[K]. The van der Waals surface area contributed by atoms with Gasteiger partial charge in [0.25, 0.3) is 0 Å². The third-order valence-electron chi connectivity index (χ3n) is 0.260. The first-order chi connectivity index (χ1) is 3.27. The Labute approximate surface area is 96.0 Å². The predicted molar refractivity (Wildman–Crippen MR) is 29.6 cm³/mol. The average molecular weight is 203 g/mol. The van der Waals surface area contributed by atoms with Gasteiger partial charge in [0.1, 0.15) is 0 Å². The molecule has 0 atom stereocenters. The molecule has 0 aliphatic carbocycles. The molecule has 0 heterocycles. The number of nitriles is 1. The molecule has 0 rings (SSSR count). The molecule has 0 aromatic heterocycles. The number of hydrogen-bond donors (Lipinski definition) is 1. The zero-order valence-corrected chi connectivity index (χ0v) is 9.25. The normalized spacial score (nSPS) is 6.38. The van der Waals surface area contributed by atoms with Gasteiger partial charge in [-0.15, -0.1) is 0 Å². The minimum absolute atomic E-state index is 0. The van der Waals surface area contributed by atoms with Crippen LogP contribution in [0.2, 0.25) is 5.32 Å². The second-order valence-electron chi connectivity index (χ2n) is 0.774. The van der Waals surface area contributed by atoms with Crippen molar-refractivity contribution in [3.05, 3.63) is 0 Å². The number of aliphatic carboxylic acids is 1. The maximum atomic E-state index is 9.62. The van der Waals surface area contributed by atoms with Gasteiger partial charge in [-0.3, -0.25) is 0 Å². The van der Waals surface area contributed by atoms with Crippen molar-refractivity contribution in [3.8, 4) is 4.97 Å². The Hall–Kier alpha value is 1.12. The molecule has 1 N–H and O–H groups in total. The summed E-state index contributed by atoms with van der Waals surface area (Å²) in [5, 5.41) is 15.8. The summed E-state index contributed by atoms with van der Waals surface area (Å²) < 4.78 is 0. The maximum absolute atomic E-state index is 9.62. The number of rotatable bonds is 2. The molecule has 0 saturated heterocycles. The van der Waals surface area contributed by atoms with Crippen molar-refractivity contribution in [2.24, 2.45) is 0 Å². The standard InChI is InChI=1S/C3H3NO2Se.K/c4-2-7-1-3(5)6;/h1H2,(H,5,6);. The zero-order valence-electron chi connectivity index (χ0n) is 4.42. The van der Waals surface area contributed by atoms with Crippen molar-refractivity contribution in [2.45, 2.75) is 5.32 Å². The maximum Gasteiger partial charge on any atom is 0 e. The molecule has 0 aliphatic rings. The van der Waals surface area contributed by atoms with Gasteiger partial charge in [-0.2, -0.15) is 0 Å². The number of nitrogens with zero attached hydrogens (tertiary/aromatic N) is 1. The van der Waals surface area contributed by atoms with Gasteiger partial charge < -0.3 is 0 Å². The van der Waals surface area contributed by atoms with Crippen molar-refractivity contribution in [1.29, 1.82) is 5.26 Å². The van der Waals surface area contributed by atoms with Gasteiger partial charge in [0.15, 0.2) is 0 Å². The molecule has 0 aromatic rings. The van der Waals surface area contributed by atoms with Crippen LogP contribution in [0.25, 0.3) is 0 Å². The molecule has 0 fully saturated rings. The van der Waals surface area contributed by atoms with Crippen molar-refractivity contribution in [2.75, 3.05) is 0 Å². The molecule has 0 aliphatic heterocycles. The fourth-order valence-electron chi connectivity index (χ4n) is 0.0940. The van der Waals surface area contributed by atoms with Gasteiger partial charge in [-0.05, 0) is 0 Å². The summed E-state index contributed by atoms with van der Waals surface area (Å²) in [5.74, 6) is -0.887. The van der Waals surface area contributed by atoms with Crippen LogP contribution < -0.4 is 0 Å². The Morgan fingerprint density at radius 3 is 2.50 bits per heavy atom. The van der Waals surface area contributed by atoms with Gasteiger partial charge in [-0.1, -0.05) is 0 Å². The Bertz CT molecular complexity index is 110. The second-order valence-corrected chi connectivity index (χ2v) is 2.37. The number of carboxylic acids is 1. The summed E-state index contributed by atoms with van der Waals surface area (Å²) in [6, 6.07) is 0.